The van der Waals surface area contributed by atoms with Gasteiger partial charge in [0.2, 0.25) is 0 Å². The summed E-state index contributed by atoms with van der Waals surface area (Å²) in [7, 11) is -3.11. The highest BCUT2D eigenvalue weighted by atomic mass is 32.2. The van der Waals surface area contributed by atoms with Crippen LogP contribution >= 0.6 is 0 Å². The summed E-state index contributed by atoms with van der Waals surface area (Å²) in [5.41, 5.74) is 1.06. The van der Waals surface area contributed by atoms with Crippen LogP contribution in [0.25, 0.3) is 0 Å². The lowest BCUT2D eigenvalue weighted by molar-refractivity contribution is -0.124. The highest BCUT2D eigenvalue weighted by molar-refractivity contribution is 7.90. The van der Waals surface area contributed by atoms with Gasteiger partial charge in [-0.05, 0) is 23.6 Å². The number of hydrogen-bond donors (Lipinski definition) is 0. The van der Waals surface area contributed by atoms with Crippen LogP contribution in [0.1, 0.15) is 24.3 Å². The van der Waals surface area contributed by atoms with Crippen molar-refractivity contribution in [2.75, 3.05) is 6.26 Å². The van der Waals surface area contributed by atoms with Crippen LogP contribution in [0.3, 0.4) is 0 Å². The van der Waals surface area contributed by atoms with Gasteiger partial charge in [0.15, 0.2) is 9.84 Å². The average Bonchev–Trinajstić information content (AvgIpc) is 2.12. The second-order valence-corrected chi connectivity index (χ2v) is 6.00. The van der Waals surface area contributed by atoms with Gasteiger partial charge in [0.05, 0.1) is 4.90 Å². The lowest BCUT2D eigenvalue weighted by Crippen LogP contribution is -2.21. The largest absolute Gasteiger partial charge is 0.300 e. The molecule has 0 N–H and O–H groups in total. The summed E-state index contributed by atoms with van der Waals surface area (Å²) in [4.78, 5) is 11.1. The minimum Gasteiger partial charge on any atom is -0.300 e. The van der Waals surface area contributed by atoms with Crippen molar-refractivity contribution >= 4 is 15.6 Å². The van der Waals surface area contributed by atoms with Gasteiger partial charge in [0.1, 0.15) is 5.78 Å². The van der Waals surface area contributed by atoms with E-state index in [2.05, 4.69) is 0 Å². The third-order valence-corrected chi connectivity index (χ3v) is 3.86. The van der Waals surface area contributed by atoms with Gasteiger partial charge in [0, 0.05) is 19.1 Å². The van der Waals surface area contributed by atoms with Crippen LogP contribution in [0.2, 0.25) is 0 Å². The van der Waals surface area contributed by atoms with E-state index in [1.165, 1.54) is 6.26 Å². The molecule has 1 aliphatic rings. The van der Waals surface area contributed by atoms with Gasteiger partial charge in [-0.25, -0.2) is 8.42 Å². The molecule has 3 nitrogen and oxygen atoms in total. The van der Waals surface area contributed by atoms with Gasteiger partial charge in [0.25, 0.3) is 0 Å². The van der Waals surface area contributed by atoms with Gasteiger partial charge in [-0.2, -0.15) is 0 Å². The maximum atomic E-state index is 11.2. The van der Waals surface area contributed by atoms with Gasteiger partial charge in [-0.15, -0.1) is 0 Å². The molecule has 0 aromatic heterocycles. The molecule has 0 atom stereocenters. The van der Waals surface area contributed by atoms with E-state index in [-0.39, 0.29) is 5.78 Å². The van der Waals surface area contributed by atoms with E-state index < -0.39 is 9.84 Å². The second kappa shape index (κ2) is 3.45. The Morgan fingerprint density at radius 2 is 1.67 bits per heavy atom. The number of rotatable bonds is 2. The average molecular weight is 224 g/mol. The minimum atomic E-state index is -3.11. The third kappa shape index (κ3) is 2.09. The highest BCUT2D eigenvalue weighted by Crippen LogP contribution is 2.33. The molecule has 0 spiro atoms. The maximum Gasteiger partial charge on any atom is 0.175 e. The molecule has 1 aliphatic carbocycles. The van der Waals surface area contributed by atoms with Crippen LogP contribution < -0.4 is 0 Å². The van der Waals surface area contributed by atoms with Gasteiger partial charge in [-0.1, -0.05) is 12.1 Å². The number of Topliss-reactive ketones (excluding diaryl/α,β-unsaturated/α-hetero) is 1. The lowest BCUT2D eigenvalue weighted by Gasteiger charge is -2.24. The Hall–Kier alpha value is -1.16. The molecule has 0 heterocycles. The Kier molecular flexibility index (Phi) is 2.38. The molecule has 4 heteroatoms. The van der Waals surface area contributed by atoms with E-state index in [9.17, 15) is 13.2 Å². The normalized spacial score (nSPS) is 17.5. The quantitative estimate of drug-likeness (QED) is 0.765. The number of ketones is 1. The van der Waals surface area contributed by atoms with Gasteiger partial charge < -0.3 is 0 Å². The predicted molar refractivity (Wildman–Crippen MR) is 56.5 cm³/mol. The number of carbonyl (C=O) groups is 1. The third-order valence-electron chi connectivity index (χ3n) is 2.73. The van der Waals surface area contributed by atoms with Crippen LogP contribution in [0.5, 0.6) is 0 Å². The standard InChI is InChI=1S/C11H12O3S/c1-15(13,14)11-4-2-8(3-5-11)9-6-10(12)7-9/h2-5,9H,6-7H2,1H3. The summed E-state index contributed by atoms with van der Waals surface area (Å²) in [5, 5.41) is 0. The van der Waals surface area contributed by atoms with Crippen LogP contribution in [0.4, 0.5) is 0 Å². The van der Waals surface area contributed by atoms with Crippen LogP contribution in [0.15, 0.2) is 29.2 Å². The van der Waals surface area contributed by atoms with Crippen molar-refractivity contribution in [1.29, 1.82) is 0 Å². The first kappa shape index (κ1) is 10.4. The molecular weight excluding hydrogens is 212 g/mol. The molecule has 1 aromatic rings. The summed E-state index contributed by atoms with van der Waals surface area (Å²) in [6, 6.07) is 6.81. The van der Waals surface area contributed by atoms with E-state index in [0.29, 0.717) is 23.7 Å². The van der Waals surface area contributed by atoms with Gasteiger partial charge >= 0.3 is 0 Å². The number of benzene rings is 1. The number of carbonyl (C=O) groups excluding carboxylic acids is 1. The Morgan fingerprint density at radius 3 is 2.07 bits per heavy atom. The molecule has 0 radical (unpaired) electrons. The molecule has 80 valence electrons. The van der Waals surface area contributed by atoms with Crippen LogP contribution in [0, 0.1) is 0 Å². The van der Waals surface area contributed by atoms with Crippen molar-refractivity contribution in [3.63, 3.8) is 0 Å². The van der Waals surface area contributed by atoms with Gasteiger partial charge in [-0.3, -0.25) is 4.79 Å². The van der Waals surface area contributed by atoms with E-state index in [1.54, 1.807) is 24.3 Å². The van der Waals surface area contributed by atoms with E-state index in [1.807, 2.05) is 0 Å². The molecule has 0 saturated heterocycles. The predicted octanol–water partition coefficient (Wildman–Crippen LogP) is 1.54. The molecule has 0 amide bonds. The number of sulfone groups is 1. The second-order valence-electron chi connectivity index (χ2n) is 3.99. The number of hydrogen-bond acceptors (Lipinski definition) is 3. The maximum absolute atomic E-state index is 11.2. The van der Waals surface area contributed by atoms with Crippen LogP contribution in [-0.2, 0) is 14.6 Å². The molecule has 1 fully saturated rings. The fourth-order valence-electron chi connectivity index (χ4n) is 1.71. The molecule has 1 saturated carbocycles. The first-order valence-corrected chi connectivity index (χ1v) is 6.67. The highest BCUT2D eigenvalue weighted by Gasteiger charge is 2.27. The fraction of sp³-hybridized carbons (Fsp3) is 0.364. The lowest BCUT2D eigenvalue weighted by atomic mass is 9.79. The fourth-order valence-corrected chi connectivity index (χ4v) is 2.34. The summed E-state index contributed by atoms with van der Waals surface area (Å²) < 4.78 is 22.4. The first-order valence-electron chi connectivity index (χ1n) is 4.78. The summed E-state index contributed by atoms with van der Waals surface area (Å²) >= 11 is 0. The molecule has 15 heavy (non-hydrogen) atoms. The SMILES string of the molecule is CS(=O)(=O)c1ccc(C2CC(=O)C2)cc1. The van der Waals surface area contributed by atoms with Crippen LogP contribution in [-0.4, -0.2) is 20.5 Å². The smallest absolute Gasteiger partial charge is 0.175 e. The van der Waals surface area contributed by atoms with E-state index in [4.69, 9.17) is 0 Å². The van der Waals surface area contributed by atoms with Crippen molar-refractivity contribution in [2.24, 2.45) is 0 Å². The zero-order chi connectivity index (χ0) is 11.1. The Labute approximate surface area is 89.0 Å². The Balaban J connectivity index is 2.21. The molecule has 0 aliphatic heterocycles. The Bertz CT molecular complexity index is 477. The summed E-state index contributed by atoms with van der Waals surface area (Å²) in [6.45, 7) is 0. The van der Waals surface area contributed by atoms with Crippen molar-refractivity contribution in [2.45, 2.75) is 23.7 Å². The van der Waals surface area contributed by atoms with E-state index in [0.717, 1.165) is 5.56 Å². The molecule has 0 unspecified atom stereocenters. The van der Waals surface area contributed by atoms with Crippen molar-refractivity contribution < 1.29 is 13.2 Å². The molecular formula is C11H12O3S. The topological polar surface area (TPSA) is 51.2 Å². The molecule has 1 aromatic carbocycles. The summed E-state index contributed by atoms with van der Waals surface area (Å²) in [5.74, 6) is 0.582. The minimum absolute atomic E-state index is 0.284. The zero-order valence-corrected chi connectivity index (χ0v) is 9.25. The van der Waals surface area contributed by atoms with Crippen molar-refractivity contribution in [1.82, 2.24) is 0 Å². The summed E-state index contributed by atoms with van der Waals surface area (Å²) in [6.07, 6.45) is 2.38. The first-order chi connectivity index (χ1) is 6.97. The molecule has 0 bridgehead atoms. The van der Waals surface area contributed by atoms with E-state index >= 15 is 0 Å². The Morgan fingerprint density at radius 1 is 1.13 bits per heavy atom. The monoisotopic (exact) mass is 224 g/mol. The van der Waals surface area contributed by atoms with Crippen molar-refractivity contribution in [3.8, 4) is 0 Å². The van der Waals surface area contributed by atoms with Crippen molar-refractivity contribution in [3.05, 3.63) is 29.8 Å². The zero-order valence-electron chi connectivity index (χ0n) is 8.43. The molecule has 2 rings (SSSR count).